The molecule has 1 amide bonds. The molecule has 0 spiro atoms. The largest absolute Gasteiger partial charge is 0.397 e. The zero-order valence-electron chi connectivity index (χ0n) is 8.81. The van der Waals surface area contributed by atoms with Crippen LogP contribution in [0.2, 0.25) is 0 Å². The lowest BCUT2D eigenvalue weighted by Gasteiger charge is -1.96. The maximum Gasteiger partial charge on any atom is 0.260 e. The fraction of sp³-hybridized carbons (Fsp3) is 0. The SMILES string of the molecule is N#Cc1cccc(-c2cc(N)c(C(N)=O)s2)c1. The van der Waals surface area contributed by atoms with Gasteiger partial charge in [-0.2, -0.15) is 5.26 Å². The monoisotopic (exact) mass is 243 g/mol. The number of nitrogens with two attached hydrogens (primary N) is 2. The molecule has 2 aromatic rings. The number of amides is 1. The summed E-state index contributed by atoms with van der Waals surface area (Å²) in [4.78, 5) is 12.3. The van der Waals surface area contributed by atoms with Crippen molar-refractivity contribution in [3.63, 3.8) is 0 Å². The van der Waals surface area contributed by atoms with Crippen molar-refractivity contribution in [2.75, 3.05) is 5.73 Å². The second-order valence-corrected chi connectivity index (χ2v) is 4.50. The summed E-state index contributed by atoms with van der Waals surface area (Å²) in [6, 6.07) is 10.9. The molecule has 5 heteroatoms. The number of anilines is 1. The highest BCUT2D eigenvalue weighted by Gasteiger charge is 2.12. The molecule has 2 rings (SSSR count). The lowest BCUT2D eigenvalue weighted by Crippen LogP contribution is -2.10. The van der Waals surface area contributed by atoms with Crippen LogP contribution in [0.4, 0.5) is 5.69 Å². The lowest BCUT2D eigenvalue weighted by atomic mass is 10.1. The summed E-state index contributed by atoms with van der Waals surface area (Å²) in [6.07, 6.45) is 0. The summed E-state index contributed by atoms with van der Waals surface area (Å²) in [5, 5.41) is 8.81. The maximum atomic E-state index is 11.1. The van der Waals surface area contributed by atoms with E-state index in [9.17, 15) is 4.79 Å². The second kappa shape index (κ2) is 4.28. The first-order chi connectivity index (χ1) is 8.11. The van der Waals surface area contributed by atoms with Crippen LogP contribution in [0.1, 0.15) is 15.2 Å². The van der Waals surface area contributed by atoms with Gasteiger partial charge in [0.1, 0.15) is 4.88 Å². The van der Waals surface area contributed by atoms with Crippen LogP contribution in [0.5, 0.6) is 0 Å². The topological polar surface area (TPSA) is 92.9 Å². The van der Waals surface area contributed by atoms with E-state index in [4.69, 9.17) is 16.7 Å². The molecule has 1 aromatic heterocycles. The van der Waals surface area contributed by atoms with Crippen molar-refractivity contribution in [2.45, 2.75) is 0 Å². The van der Waals surface area contributed by atoms with Gasteiger partial charge in [-0.15, -0.1) is 11.3 Å². The van der Waals surface area contributed by atoms with E-state index < -0.39 is 5.91 Å². The van der Waals surface area contributed by atoms with Crippen molar-refractivity contribution in [2.24, 2.45) is 5.73 Å². The van der Waals surface area contributed by atoms with Crippen molar-refractivity contribution in [3.8, 4) is 16.5 Å². The molecule has 17 heavy (non-hydrogen) atoms. The number of primary amides is 1. The average molecular weight is 243 g/mol. The number of hydrogen-bond donors (Lipinski definition) is 2. The third-order valence-corrected chi connectivity index (χ3v) is 3.48. The van der Waals surface area contributed by atoms with Gasteiger partial charge < -0.3 is 11.5 Å². The smallest absolute Gasteiger partial charge is 0.260 e. The number of benzene rings is 1. The number of nitriles is 1. The molecule has 0 saturated carbocycles. The summed E-state index contributed by atoms with van der Waals surface area (Å²) >= 11 is 1.23. The number of thiophene rings is 1. The second-order valence-electron chi connectivity index (χ2n) is 3.45. The predicted octanol–water partition coefficient (Wildman–Crippen LogP) is 1.97. The third kappa shape index (κ3) is 2.12. The van der Waals surface area contributed by atoms with Crippen LogP contribution in [0.3, 0.4) is 0 Å². The van der Waals surface area contributed by atoms with E-state index in [0.717, 1.165) is 10.4 Å². The number of carbonyl (C=O) groups is 1. The minimum absolute atomic E-state index is 0.349. The Labute approximate surface area is 102 Å². The molecule has 84 valence electrons. The van der Waals surface area contributed by atoms with E-state index in [2.05, 4.69) is 6.07 Å². The van der Waals surface area contributed by atoms with Gasteiger partial charge in [0.15, 0.2) is 0 Å². The minimum atomic E-state index is -0.532. The molecule has 0 unspecified atom stereocenters. The molecular weight excluding hydrogens is 234 g/mol. The van der Waals surface area contributed by atoms with Crippen molar-refractivity contribution >= 4 is 22.9 Å². The van der Waals surface area contributed by atoms with E-state index in [-0.39, 0.29) is 0 Å². The number of nitrogens with zero attached hydrogens (tertiary/aromatic N) is 1. The molecule has 0 aliphatic heterocycles. The molecule has 4 N–H and O–H groups in total. The Morgan fingerprint density at radius 1 is 1.35 bits per heavy atom. The summed E-state index contributed by atoms with van der Waals surface area (Å²) in [6.45, 7) is 0. The fourth-order valence-corrected chi connectivity index (χ4v) is 2.41. The number of rotatable bonds is 2. The minimum Gasteiger partial charge on any atom is -0.397 e. The van der Waals surface area contributed by atoms with Gasteiger partial charge in [0.2, 0.25) is 0 Å². The highest BCUT2D eigenvalue weighted by Crippen LogP contribution is 2.33. The molecule has 4 nitrogen and oxygen atoms in total. The lowest BCUT2D eigenvalue weighted by molar-refractivity contribution is 0.100. The Kier molecular flexibility index (Phi) is 2.81. The Morgan fingerprint density at radius 2 is 2.12 bits per heavy atom. The molecule has 1 heterocycles. The van der Waals surface area contributed by atoms with Crippen molar-refractivity contribution < 1.29 is 4.79 Å². The van der Waals surface area contributed by atoms with E-state index in [1.54, 1.807) is 24.3 Å². The van der Waals surface area contributed by atoms with E-state index in [1.165, 1.54) is 11.3 Å². The van der Waals surface area contributed by atoms with Gasteiger partial charge >= 0.3 is 0 Å². The first-order valence-electron chi connectivity index (χ1n) is 4.81. The van der Waals surface area contributed by atoms with Crippen LogP contribution in [0.25, 0.3) is 10.4 Å². The van der Waals surface area contributed by atoms with Crippen LogP contribution < -0.4 is 11.5 Å². The highest BCUT2D eigenvalue weighted by molar-refractivity contribution is 7.18. The van der Waals surface area contributed by atoms with Crippen LogP contribution in [0.15, 0.2) is 30.3 Å². The van der Waals surface area contributed by atoms with Gasteiger partial charge in [-0.25, -0.2) is 0 Å². The Balaban J connectivity index is 2.50. The number of nitrogen functional groups attached to an aromatic ring is 1. The summed E-state index contributed by atoms with van der Waals surface area (Å²) < 4.78 is 0. The molecule has 0 atom stereocenters. The third-order valence-electron chi connectivity index (χ3n) is 2.26. The molecular formula is C12H9N3OS. The molecule has 0 fully saturated rings. The Hall–Kier alpha value is -2.32. The molecule has 1 aromatic carbocycles. The fourth-order valence-electron chi connectivity index (χ4n) is 1.48. The van der Waals surface area contributed by atoms with Crippen LogP contribution in [-0.4, -0.2) is 5.91 Å². The number of hydrogen-bond acceptors (Lipinski definition) is 4. The van der Waals surface area contributed by atoms with Gasteiger partial charge in [0.25, 0.3) is 5.91 Å². The average Bonchev–Trinajstić information content (AvgIpc) is 2.71. The highest BCUT2D eigenvalue weighted by atomic mass is 32.1. The summed E-state index contributed by atoms with van der Waals surface area (Å²) in [5.74, 6) is -0.532. The number of carbonyl (C=O) groups excluding carboxylic acids is 1. The van der Waals surface area contributed by atoms with Crippen LogP contribution >= 0.6 is 11.3 Å². The summed E-state index contributed by atoms with van der Waals surface area (Å²) in [5.41, 5.74) is 12.7. The summed E-state index contributed by atoms with van der Waals surface area (Å²) in [7, 11) is 0. The molecule has 0 bridgehead atoms. The van der Waals surface area contributed by atoms with E-state index in [0.29, 0.717) is 16.1 Å². The standard InChI is InChI=1S/C12H9N3OS/c13-6-7-2-1-3-8(4-7)10-5-9(14)11(17-10)12(15)16/h1-5H,14H2,(H2,15,16). The van der Waals surface area contributed by atoms with Gasteiger partial charge in [-0.1, -0.05) is 12.1 Å². The van der Waals surface area contributed by atoms with E-state index in [1.807, 2.05) is 6.07 Å². The molecule has 0 saturated heterocycles. The van der Waals surface area contributed by atoms with Gasteiger partial charge in [-0.05, 0) is 23.8 Å². The maximum absolute atomic E-state index is 11.1. The molecule has 0 aliphatic rings. The van der Waals surface area contributed by atoms with Crippen molar-refractivity contribution in [1.82, 2.24) is 0 Å². The molecule has 0 aliphatic carbocycles. The van der Waals surface area contributed by atoms with Crippen molar-refractivity contribution in [3.05, 3.63) is 40.8 Å². The van der Waals surface area contributed by atoms with E-state index >= 15 is 0 Å². The van der Waals surface area contributed by atoms with Gasteiger partial charge in [0, 0.05) is 4.88 Å². The van der Waals surface area contributed by atoms with Gasteiger partial charge in [-0.3, -0.25) is 4.79 Å². The zero-order chi connectivity index (χ0) is 12.4. The Bertz CT molecular complexity index is 625. The normalized spacial score (nSPS) is 9.82. The first kappa shape index (κ1) is 11.2. The predicted molar refractivity (Wildman–Crippen MR) is 67.4 cm³/mol. The van der Waals surface area contributed by atoms with Gasteiger partial charge in [0.05, 0.1) is 17.3 Å². The molecule has 0 radical (unpaired) electrons. The Morgan fingerprint density at radius 3 is 2.71 bits per heavy atom. The quantitative estimate of drug-likeness (QED) is 0.844. The van der Waals surface area contributed by atoms with Crippen LogP contribution in [-0.2, 0) is 0 Å². The zero-order valence-corrected chi connectivity index (χ0v) is 9.62. The van der Waals surface area contributed by atoms with Crippen LogP contribution in [0, 0.1) is 11.3 Å². The van der Waals surface area contributed by atoms with Crippen molar-refractivity contribution in [1.29, 1.82) is 5.26 Å². The first-order valence-corrected chi connectivity index (χ1v) is 5.63.